The molecule has 0 aromatic heterocycles. The molecule has 0 bridgehead atoms. The summed E-state index contributed by atoms with van der Waals surface area (Å²) in [5.41, 5.74) is 0.689. The van der Waals surface area contributed by atoms with E-state index >= 15 is 0 Å². The first-order valence-electron chi connectivity index (χ1n) is 6.86. The average Bonchev–Trinajstić information content (AvgIpc) is 2.59. The Hall–Kier alpha value is -2.42. The highest BCUT2D eigenvalue weighted by molar-refractivity contribution is 14.1. The molecule has 0 N–H and O–H groups in total. The second-order valence-electron chi connectivity index (χ2n) is 4.68. The lowest BCUT2D eigenvalue weighted by atomic mass is 10.0. The van der Waals surface area contributed by atoms with Crippen molar-refractivity contribution in [2.45, 2.75) is 0 Å². The van der Waals surface area contributed by atoms with E-state index in [9.17, 15) is 14.9 Å². The van der Waals surface area contributed by atoms with Gasteiger partial charge < -0.3 is 9.47 Å². The summed E-state index contributed by atoms with van der Waals surface area (Å²) >= 11 is 2.08. The van der Waals surface area contributed by atoms with Crippen molar-refractivity contribution in [2.75, 3.05) is 14.2 Å². The van der Waals surface area contributed by atoms with Gasteiger partial charge in [0.05, 0.1) is 30.3 Å². The summed E-state index contributed by atoms with van der Waals surface area (Å²) in [6.45, 7) is 0. The van der Waals surface area contributed by atoms with Crippen LogP contribution in [-0.4, -0.2) is 25.1 Å². The van der Waals surface area contributed by atoms with Gasteiger partial charge in [-0.3, -0.25) is 10.1 Å². The second-order valence-corrected chi connectivity index (χ2v) is 5.84. The number of esters is 1. The Labute approximate surface area is 152 Å². The van der Waals surface area contributed by atoms with Crippen LogP contribution >= 0.6 is 22.6 Å². The van der Waals surface area contributed by atoms with E-state index in [1.807, 2.05) is 6.07 Å². The molecule has 0 amide bonds. The average molecular weight is 439 g/mol. The quantitative estimate of drug-likeness (QED) is 0.233. The summed E-state index contributed by atoms with van der Waals surface area (Å²) in [5.74, 6) is -0.120. The van der Waals surface area contributed by atoms with E-state index in [0.717, 1.165) is 3.57 Å². The van der Waals surface area contributed by atoms with Crippen LogP contribution in [0.25, 0.3) is 11.8 Å². The maximum atomic E-state index is 11.9. The monoisotopic (exact) mass is 439 g/mol. The molecule has 124 valence electrons. The van der Waals surface area contributed by atoms with E-state index < -0.39 is 10.9 Å². The molecular formula is C17H14INO5. The summed E-state index contributed by atoms with van der Waals surface area (Å²) in [6, 6.07) is 11.6. The van der Waals surface area contributed by atoms with Gasteiger partial charge in [-0.05, 0) is 46.9 Å². The largest absolute Gasteiger partial charge is 0.496 e. The van der Waals surface area contributed by atoms with Gasteiger partial charge in [0, 0.05) is 15.2 Å². The molecule has 2 aromatic carbocycles. The van der Waals surface area contributed by atoms with Crippen molar-refractivity contribution in [3.05, 3.63) is 72.8 Å². The topological polar surface area (TPSA) is 78.7 Å². The maximum absolute atomic E-state index is 11.9. The number of hydrogen-bond acceptors (Lipinski definition) is 5. The minimum absolute atomic E-state index is 0.132. The van der Waals surface area contributed by atoms with Crippen molar-refractivity contribution in [1.29, 1.82) is 0 Å². The number of rotatable bonds is 5. The van der Waals surface area contributed by atoms with Crippen molar-refractivity contribution < 1.29 is 19.2 Å². The zero-order chi connectivity index (χ0) is 17.7. The standard InChI is InChI=1S/C17H14INO5/c1-23-16-9-5-8-14(18)13(16)10-15(19(21)22)11-6-3-4-7-12(11)17(20)24-2/h3-10H,1-2H3/b15-10+. The van der Waals surface area contributed by atoms with Crippen LogP contribution in [0, 0.1) is 13.7 Å². The van der Waals surface area contributed by atoms with Crippen LogP contribution in [-0.2, 0) is 4.74 Å². The number of nitrogens with zero attached hydrogens (tertiary/aromatic N) is 1. The normalized spacial score (nSPS) is 11.0. The van der Waals surface area contributed by atoms with E-state index in [0.29, 0.717) is 11.3 Å². The molecule has 0 aliphatic heterocycles. The Bertz CT molecular complexity index is 816. The van der Waals surface area contributed by atoms with Crippen LogP contribution in [0.5, 0.6) is 5.75 Å². The SMILES string of the molecule is COC(=O)c1ccccc1/C(=C\c1c(I)cccc1OC)[N+](=O)[O-]. The zero-order valence-corrected chi connectivity index (χ0v) is 15.1. The van der Waals surface area contributed by atoms with Gasteiger partial charge >= 0.3 is 5.97 Å². The van der Waals surface area contributed by atoms with E-state index in [-0.39, 0.29) is 16.8 Å². The van der Waals surface area contributed by atoms with E-state index in [2.05, 4.69) is 22.6 Å². The Morgan fingerprint density at radius 2 is 1.79 bits per heavy atom. The summed E-state index contributed by atoms with van der Waals surface area (Å²) in [5, 5.41) is 11.6. The highest BCUT2D eigenvalue weighted by Crippen LogP contribution is 2.30. The van der Waals surface area contributed by atoms with Crippen LogP contribution in [0.3, 0.4) is 0 Å². The molecule has 2 rings (SSSR count). The highest BCUT2D eigenvalue weighted by atomic mass is 127. The van der Waals surface area contributed by atoms with Crippen LogP contribution in [0.1, 0.15) is 21.5 Å². The van der Waals surface area contributed by atoms with Crippen molar-refractivity contribution in [2.24, 2.45) is 0 Å². The predicted molar refractivity (Wildman–Crippen MR) is 98.4 cm³/mol. The van der Waals surface area contributed by atoms with Crippen molar-refractivity contribution in [3.63, 3.8) is 0 Å². The predicted octanol–water partition coefficient (Wildman–Crippen LogP) is 3.86. The molecule has 2 aromatic rings. The summed E-state index contributed by atoms with van der Waals surface area (Å²) in [6.07, 6.45) is 1.41. The molecule has 0 spiro atoms. The number of halogens is 1. The van der Waals surface area contributed by atoms with Crippen LogP contribution in [0.4, 0.5) is 0 Å². The molecule has 0 aliphatic rings. The van der Waals surface area contributed by atoms with Gasteiger partial charge in [-0.2, -0.15) is 0 Å². The first kappa shape index (κ1) is 17.9. The Morgan fingerprint density at radius 1 is 1.12 bits per heavy atom. The molecule has 6 nitrogen and oxygen atoms in total. The number of hydrogen-bond donors (Lipinski definition) is 0. The third kappa shape index (κ3) is 3.73. The molecule has 0 fully saturated rings. The highest BCUT2D eigenvalue weighted by Gasteiger charge is 2.23. The van der Waals surface area contributed by atoms with E-state index in [1.165, 1.54) is 32.4 Å². The van der Waals surface area contributed by atoms with Gasteiger partial charge in [-0.25, -0.2) is 4.79 Å². The second kappa shape index (κ2) is 7.91. The summed E-state index contributed by atoms with van der Waals surface area (Å²) in [7, 11) is 2.73. The molecule has 0 saturated carbocycles. The molecule has 7 heteroatoms. The molecule has 0 radical (unpaired) electrons. The molecular weight excluding hydrogens is 425 g/mol. The Balaban J connectivity index is 2.70. The number of methoxy groups -OCH3 is 2. The van der Waals surface area contributed by atoms with Crippen LogP contribution in [0.2, 0.25) is 0 Å². The lowest BCUT2D eigenvalue weighted by Gasteiger charge is -2.09. The van der Waals surface area contributed by atoms with Gasteiger partial charge in [0.1, 0.15) is 5.75 Å². The van der Waals surface area contributed by atoms with Gasteiger partial charge in [-0.1, -0.05) is 18.2 Å². The number of carbonyl (C=O) groups excluding carboxylic acids is 1. The number of benzene rings is 2. The third-order valence-corrected chi connectivity index (χ3v) is 4.26. The fraction of sp³-hybridized carbons (Fsp3) is 0.118. The Morgan fingerprint density at radius 3 is 2.38 bits per heavy atom. The maximum Gasteiger partial charge on any atom is 0.338 e. The molecule has 0 aliphatic carbocycles. The van der Waals surface area contributed by atoms with E-state index in [4.69, 9.17) is 9.47 Å². The van der Waals surface area contributed by atoms with E-state index in [1.54, 1.807) is 24.3 Å². The fourth-order valence-electron chi connectivity index (χ4n) is 2.20. The van der Waals surface area contributed by atoms with Crippen molar-refractivity contribution in [3.8, 4) is 5.75 Å². The molecule has 0 atom stereocenters. The molecule has 0 unspecified atom stereocenters. The third-order valence-electron chi connectivity index (χ3n) is 3.32. The minimum Gasteiger partial charge on any atom is -0.496 e. The lowest BCUT2D eigenvalue weighted by molar-refractivity contribution is -0.374. The smallest absolute Gasteiger partial charge is 0.338 e. The van der Waals surface area contributed by atoms with Gasteiger partial charge in [0.2, 0.25) is 0 Å². The first-order chi connectivity index (χ1) is 11.5. The van der Waals surface area contributed by atoms with Gasteiger partial charge in [-0.15, -0.1) is 0 Å². The number of nitro groups is 1. The van der Waals surface area contributed by atoms with Crippen molar-refractivity contribution >= 4 is 40.3 Å². The minimum atomic E-state index is -0.631. The Kier molecular flexibility index (Phi) is 5.91. The zero-order valence-electron chi connectivity index (χ0n) is 13.0. The number of ether oxygens (including phenoxy) is 2. The van der Waals surface area contributed by atoms with Crippen LogP contribution < -0.4 is 4.74 Å². The summed E-state index contributed by atoms with van der Waals surface area (Å²) in [4.78, 5) is 23.0. The molecule has 0 heterocycles. The van der Waals surface area contributed by atoms with Crippen molar-refractivity contribution in [1.82, 2.24) is 0 Å². The number of carbonyl (C=O) groups is 1. The molecule has 24 heavy (non-hydrogen) atoms. The summed E-state index contributed by atoms with van der Waals surface area (Å²) < 4.78 is 10.8. The lowest BCUT2D eigenvalue weighted by Crippen LogP contribution is -2.08. The van der Waals surface area contributed by atoms with Crippen LogP contribution in [0.15, 0.2) is 42.5 Å². The first-order valence-corrected chi connectivity index (χ1v) is 7.93. The molecule has 0 saturated heterocycles. The van der Waals surface area contributed by atoms with Gasteiger partial charge in [0.25, 0.3) is 5.70 Å². The van der Waals surface area contributed by atoms with Gasteiger partial charge in [0.15, 0.2) is 0 Å². The fourth-order valence-corrected chi connectivity index (χ4v) is 2.82.